The quantitative estimate of drug-likeness (QED) is 0.720. The highest BCUT2D eigenvalue weighted by atomic mass is 28.3. The van der Waals surface area contributed by atoms with Gasteiger partial charge in [-0.1, -0.05) is 25.7 Å². The molecule has 0 fully saturated rings. The lowest BCUT2D eigenvalue weighted by Crippen LogP contribution is -2.41. The van der Waals surface area contributed by atoms with E-state index in [1.165, 1.54) is 0 Å². The van der Waals surface area contributed by atoms with Crippen molar-refractivity contribution in [3.05, 3.63) is 23.5 Å². The van der Waals surface area contributed by atoms with Gasteiger partial charge in [0.1, 0.15) is 11.6 Å². The molecule has 1 nitrogen and oxygen atoms in total. The third-order valence-corrected chi connectivity index (χ3v) is 4.31. The molecule has 1 aromatic carbocycles. The van der Waals surface area contributed by atoms with Crippen LogP contribution in [0.5, 0.6) is 5.75 Å². The van der Waals surface area contributed by atoms with Crippen molar-refractivity contribution in [3.8, 4) is 5.75 Å². The predicted molar refractivity (Wildman–Crippen MR) is 65.3 cm³/mol. The first kappa shape index (κ1) is 12.2. The summed E-state index contributed by atoms with van der Waals surface area (Å²) in [5.74, 6) is 0.639. The zero-order valence-electron chi connectivity index (χ0n) is 10.1. The van der Waals surface area contributed by atoms with Crippen molar-refractivity contribution in [3.63, 3.8) is 0 Å². The number of ether oxygens (including phenoxy) is 1. The highest BCUT2D eigenvalue weighted by Gasteiger charge is 2.26. The van der Waals surface area contributed by atoms with Gasteiger partial charge in [-0.05, 0) is 25.5 Å². The summed E-state index contributed by atoms with van der Waals surface area (Å²) < 4.78 is 19.5. The van der Waals surface area contributed by atoms with Gasteiger partial charge in [-0.2, -0.15) is 0 Å². The van der Waals surface area contributed by atoms with Crippen LogP contribution in [0, 0.1) is 12.7 Å². The molecule has 0 aromatic heterocycles. The molecular weight excluding hydrogens is 207 g/mol. The van der Waals surface area contributed by atoms with Crippen LogP contribution in [-0.4, -0.2) is 14.7 Å². The van der Waals surface area contributed by atoms with Gasteiger partial charge in [0.15, 0.2) is 0 Å². The Morgan fingerprint density at radius 1 is 1.27 bits per heavy atom. The smallest absolute Gasteiger partial charge is 0.128 e. The monoisotopic (exact) mass is 226 g/mol. The van der Waals surface area contributed by atoms with E-state index in [1.807, 2.05) is 13.0 Å². The number of aryl methyl sites for hydroxylation is 1. The molecule has 0 saturated heterocycles. The molecule has 0 aliphatic carbocycles. The molecule has 0 heterocycles. The summed E-state index contributed by atoms with van der Waals surface area (Å²) in [6, 6.07) is 3.67. The second-order valence-corrected chi connectivity index (χ2v) is 9.75. The predicted octanol–water partition coefficient (Wildman–Crippen LogP) is 3.08. The summed E-state index contributed by atoms with van der Waals surface area (Å²) in [6.45, 7) is 10.7. The van der Waals surface area contributed by atoms with E-state index in [9.17, 15) is 4.39 Å². The summed E-state index contributed by atoms with van der Waals surface area (Å²) in [7, 11) is -1.69. The molecule has 0 saturated carbocycles. The maximum absolute atomic E-state index is 14.0. The minimum Gasteiger partial charge on any atom is -0.494 e. The molecule has 84 valence electrons. The Bertz CT molecular complexity index is 355. The SMILES string of the molecule is CCOc1ccc(C)c(F)c1[Si](C)(C)C. The van der Waals surface area contributed by atoms with Crippen LogP contribution in [0.15, 0.2) is 12.1 Å². The standard InChI is InChI=1S/C12H19FOSi/c1-6-14-10-8-7-9(2)11(13)12(10)15(3,4)5/h7-8H,6H2,1-5H3. The fraction of sp³-hybridized carbons (Fsp3) is 0.500. The first-order valence-electron chi connectivity index (χ1n) is 5.30. The first-order valence-corrected chi connectivity index (χ1v) is 8.80. The van der Waals surface area contributed by atoms with Crippen molar-refractivity contribution in [1.29, 1.82) is 0 Å². The number of rotatable bonds is 3. The Balaban J connectivity index is 3.35. The van der Waals surface area contributed by atoms with Crippen molar-refractivity contribution in [2.75, 3.05) is 6.61 Å². The third-order valence-electron chi connectivity index (χ3n) is 2.35. The minimum absolute atomic E-state index is 0.0832. The lowest BCUT2D eigenvalue weighted by Gasteiger charge is -2.22. The Morgan fingerprint density at radius 3 is 2.33 bits per heavy atom. The van der Waals surface area contributed by atoms with Crippen LogP contribution in [0.25, 0.3) is 0 Å². The molecule has 15 heavy (non-hydrogen) atoms. The van der Waals surface area contributed by atoms with Gasteiger partial charge in [-0.25, -0.2) is 4.39 Å². The van der Waals surface area contributed by atoms with E-state index in [0.29, 0.717) is 12.2 Å². The Morgan fingerprint density at radius 2 is 1.87 bits per heavy atom. The molecule has 0 aliphatic heterocycles. The van der Waals surface area contributed by atoms with Crippen LogP contribution in [0.3, 0.4) is 0 Å². The van der Waals surface area contributed by atoms with E-state index in [2.05, 4.69) is 19.6 Å². The molecule has 0 amide bonds. The molecule has 1 rings (SSSR count). The Kier molecular flexibility index (Phi) is 3.55. The average Bonchev–Trinajstić information content (AvgIpc) is 2.10. The average molecular weight is 226 g/mol. The van der Waals surface area contributed by atoms with E-state index in [-0.39, 0.29) is 5.82 Å². The molecule has 0 radical (unpaired) electrons. The van der Waals surface area contributed by atoms with Crippen LogP contribution in [0.2, 0.25) is 19.6 Å². The number of benzene rings is 1. The van der Waals surface area contributed by atoms with Gasteiger partial charge in [0, 0.05) is 5.19 Å². The van der Waals surface area contributed by atoms with Crippen molar-refractivity contribution >= 4 is 13.3 Å². The van der Waals surface area contributed by atoms with Gasteiger partial charge < -0.3 is 4.74 Å². The van der Waals surface area contributed by atoms with Crippen molar-refractivity contribution in [1.82, 2.24) is 0 Å². The van der Waals surface area contributed by atoms with Gasteiger partial charge in [0.25, 0.3) is 0 Å². The van der Waals surface area contributed by atoms with Crippen LogP contribution < -0.4 is 9.92 Å². The maximum Gasteiger partial charge on any atom is 0.128 e. The molecule has 3 heteroatoms. The minimum atomic E-state index is -1.69. The lowest BCUT2D eigenvalue weighted by atomic mass is 10.2. The van der Waals surface area contributed by atoms with E-state index in [4.69, 9.17) is 4.74 Å². The molecule has 0 bridgehead atoms. The Labute approximate surface area is 92.3 Å². The molecule has 0 unspecified atom stereocenters. The van der Waals surface area contributed by atoms with Crippen LogP contribution in [-0.2, 0) is 0 Å². The van der Waals surface area contributed by atoms with Gasteiger partial charge in [-0.3, -0.25) is 0 Å². The normalized spacial score (nSPS) is 11.6. The topological polar surface area (TPSA) is 9.23 Å². The molecule has 0 atom stereocenters. The summed E-state index contributed by atoms with van der Waals surface area (Å²) in [5, 5.41) is 0.810. The van der Waals surface area contributed by atoms with Crippen molar-refractivity contribution in [2.24, 2.45) is 0 Å². The van der Waals surface area contributed by atoms with Gasteiger partial charge in [0.05, 0.1) is 14.7 Å². The fourth-order valence-corrected chi connectivity index (χ4v) is 3.39. The largest absolute Gasteiger partial charge is 0.494 e. The molecule has 0 spiro atoms. The van der Waals surface area contributed by atoms with E-state index >= 15 is 0 Å². The zero-order valence-corrected chi connectivity index (χ0v) is 11.1. The lowest BCUT2D eigenvalue weighted by molar-refractivity contribution is 0.341. The summed E-state index contributed by atoms with van der Waals surface area (Å²) in [5.41, 5.74) is 0.705. The maximum atomic E-state index is 14.0. The fourth-order valence-electron chi connectivity index (χ4n) is 1.64. The molecule has 0 aliphatic rings. The third kappa shape index (κ3) is 2.59. The highest BCUT2D eigenvalue weighted by molar-refractivity contribution is 6.89. The number of halogens is 1. The van der Waals surface area contributed by atoms with E-state index in [1.54, 1.807) is 13.0 Å². The van der Waals surface area contributed by atoms with Crippen LogP contribution in [0.4, 0.5) is 4.39 Å². The number of hydrogen-bond acceptors (Lipinski definition) is 1. The van der Waals surface area contributed by atoms with Gasteiger partial charge >= 0.3 is 0 Å². The van der Waals surface area contributed by atoms with Crippen LogP contribution in [0.1, 0.15) is 12.5 Å². The van der Waals surface area contributed by atoms with Gasteiger partial charge in [-0.15, -0.1) is 0 Å². The second-order valence-electron chi connectivity index (χ2n) is 4.75. The van der Waals surface area contributed by atoms with Crippen LogP contribution >= 0.6 is 0 Å². The van der Waals surface area contributed by atoms with Gasteiger partial charge in [0.2, 0.25) is 0 Å². The number of hydrogen-bond donors (Lipinski definition) is 0. The molecule has 0 N–H and O–H groups in total. The zero-order chi connectivity index (χ0) is 11.6. The highest BCUT2D eigenvalue weighted by Crippen LogP contribution is 2.19. The second kappa shape index (κ2) is 4.35. The summed E-state index contributed by atoms with van der Waals surface area (Å²) in [4.78, 5) is 0. The first-order chi connectivity index (χ1) is 6.88. The van der Waals surface area contributed by atoms with Crippen molar-refractivity contribution < 1.29 is 9.13 Å². The molecular formula is C12H19FOSi. The van der Waals surface area contributed by atoms with E-state index < -0.39 is 8.07 Å². The summed E-state index contributed by atoms with van der Waals surface area (Å²) >= 11 is 0. The van der Waals surface area contributed by atoms with E-state index in [0.717, 1.165) is 10.9 Å². The molecule has 1 aromatic rings. The Hall–Kier alpha value is -0.833. The van der Waals surface area contributed by atoms with Crippen molar-refractivity contribution in [2.45, 2.75) is 33.5 Å². The summed E-state index contributed by atoms with van der Waals surface area (Å²) in [6.07, 6.45) is 0.